The standard InChI is InChI=1S/C19H26N8/c1-24(2)12-15-5-4-6-16(23-15)13-27-19-17(11-22-27)18(20-14-21-19)26-9-7-25(3)8-10-26/h4-6,11,14H,7-10,12-13H2,1-3H3. The molecule has 1 fully saturated rings. The zero-order chi connectivity index (χ0) is 18.8. The van der Waals surface area contributed by atoms with Crippen molar-refractivity contribution in [1.29, 1.82) is 0 Å². The van der Waals surface area contributed by atoms with E-state index in [-0.39, 0.29) is 0 Å². The highest BCUT2D eigenvalue weighted by atomic mass is 15.3. The van der Waals surface area contributed by atoms with Gasteiger partial charge in [0.15, 0.2) is 5.65 Å². The first-order valence-corrected chi connectivity index (χ1v) is 9.30. The van der Waals surface area contributed by atoms with Gasteiger partial charge < -0.3 is 14.7 Å². The van der Waals surface area contributed by atoms with Crippen LogP contribution in [0.5, 0.6) is 0 Å². The molecule has 0 aliphatic carbocycles. The normalized spacial score (nSPS) is 15.8. The van der Waals surface area contributed by atoms with Crippen LogP contribution in [0.4, 0.5) is 5.82 Å². The Labute approximate surface area is 159 Å². The van der Waals surface area contributed by atoms with Gasteiger partial charge in [0.2, 0.25) is 0 Å². The van der Waals surface area contributed by atoms with Crippen molar-refractivity contribution in [3.05, 3.63) is 42.1 Å². The second kappa shape index (κ2) is 7.58. The van der Waals surface area contributed by atoms with Gasteiger partial charge >= 0.3 is 0 Å². The predicted octanol–water partition coefficient (Wildman–Crippen LogP) is 1.08. The van der Waals surface area contributed by atoms with E-state index in [0.29, 0.717) is 6.54 Å². The Kier molecular flexibility index (Phi) is 5.00. The fourth-order valence-corrected chi connectivity index (χ4v) is 3.45. The van der Waals surface area contributed by atoms with E-state index in [2.05, 4.69) is 48.9 Å². The molecule has 4 rings (SSSR count). The number of hydrogen-bond acceptors (Lipinski definition) is 7. The lowest BCUT2D eigenvalue weighted by molar-refractivity contribution is 0.312. The van der Waals surface area contributed by atoms with Crippen molar-refractivity contribution in [1.82, 2.24) is 34.5 Å². The summed E-state index contributed by atoms with van der Waals surface area (Å²) in [5, 5.41) is 5.58. The van der Waals surface area contributed by atoms with Gasteiger partial charge in [0.05, 0.1) is 29.5 Å². The number of anilines is 1. The molecule has 0 unspecified atom stereocenters. The molecule has 0 atom stereocenters. The van der Waals surface area contributed by atoms with Crippen LogP contribution < -0.4 is 4.90 Å². The van der Waals surface area contributed by atoms with Crippen LogP contribution >= 0.6 is 0 Å². The average Bonchev–Trinajstić information content (AvgIpc) is 3.05. The highest BCUT2D eigenvalue weighted by molar-refractivity contribution is 5.86. The molecule has 142 valence electrons. The highest BCUT2D eigenvalue weighted by Gasteiger charge is 2.19. The van der Waals surface area contributed by atoms with E-state index in [4.69, 9.17) is 4.98 Å². The van der Waals surface area contributed by atoms with Gasteiger partial charge in [-0.3, -0.25) is 4.98 Å². The Morgan fingerprint density at radius 3 is 2.59 bits per heavy atom. The van der Waals surface area contributed by atoms with Crippen molar-refractivity contribution in [2.75, 3.05) is 52.2 Å². The molecule has 0 radical (unpaired) electrons. The first-order valence-electron chi connectivity index (χ1n) is 9.30. The van der Waals surface area contributed by atoms with Gasteiger partial charge in [-0.2, -0.15) is 5.10 Å². The van der Waals surface area contributed by atoms with Crippen LogP contribution in [0.25, 0.3) is 11.0 Å². The summed E-state index contributed by atoms with van der Waals surface area (Å²) in [7, 11) is 6.25. The van der Waals surface area contributed by atoms with Crippen LogP contribution in [0.15, 0.2) is 30.7 Å². The number of rotatable bonds is 5. The smallest absolute Gasteiger partial charge is 0.163 e. The van der Waals surface area contributed by atoms with E-state index in [1.807, 2.05) is 31.0 Å². The van der Waals surface area contributed by atoms with E-state index < -0.39 is 0 Å². The maximum Gasteiger partial charge on any atom is 0.163 e. The van der Waals surface area contributed by atoms with Crippen molar-refractivity contribution < 1.29 is 0 Å². The fraction of sp³-hybridized carbons (Fsp3) is 0.474. The topological polar surface area (TPSA) is 66.2 Å². The highest BCUT2D eigenvalue weighted by Crippen LogP contribution is 2.23. The van der Waals surface area contributed by atoms with Crippen LogP contribution in [-0.4, -0.2) is 81.9 Å². The Balaban J connectivity index is 1.60. The molecule has 0 aromatic carbocycles. The summed E-state index contributed by atoms with van der Waals surface area (Å²) in [6, 6.07) is 6.14. The number of piperazine rings is 1. The van der Waals surface area contributed by atoms with E-state index >= 15 is 0 Å². The Morgan fingerprint density at radius 1 is 1.04 bits per heavy atom. The maximum atomic E-state index is 4.75. The molecule has 1 saturated heterocycles. The Bertz CT molecular complexity index is 911. The SMILES string of the molecule is CN(C)Cc1cccc(Cn2ncc3c(N4CCN(C)CC4)ncnc32)n1. The van der Waals surface area contributed by atoms with Gasteiger partial charge in [0, 0.05) is 32.7 Å². The summed E-state index contributed by atoms with van der Waals surface area (Å²) in [6.45, 7) is 5.46. The summed E-state index contributed by atoms with van der Waals surface area (Å²) in [5.41, 5.74) is 2.90. The van der Waals surface area contributed by atoms with Crippen molar-refractivity contribution in [3.8, 4) is 0 Å². The second-order valence-corrected chi connectivity index (χ2v) is 7.39. The minimum Gasteiger partial charge on any atom is -0.353 e. The van der Waals surface area contributed by atoms with Crippen molar-refractivity contribution >= 4 is 16.9 Å². The Hall–Kier alpha value is -2.58. The van der Waals surface area contributed by atoms with Crippen molar-refractivity contribution in [2.24, 2.45) is 0 Å². The molecule has 8 heteroatoms. The van der Waals surface area contributed by atoms with Crippen LogP contribution in [0.2, 0.25) is 0 Å². The van der Waals surface area contributed by atoms with E-state index in [1.54, 1.807) is 6.33 Å². The minimum absolute atomic E-state index is 0.601. The van der Waals surface area contributed by atoms with E-state index in [1.165, 1.54) is 0 Å². The largest absolute Gasteiger partial charge is 0.353 e. The number of hydrogen-bond donors (Lipinski definition) is 0. The molecule has 0 spiro atoms. The average molecular weight is 366 g/mol. The van der Waals surface area contributed by atoms with E-state index in [0.717, 1.165) is 61.0 Å². The summed E-state index contributed by atoms with van der Waals surface area (Å²) in [4.78, 5) is 20.6. The van der Waals surface area contributed by atoms with Crippen LogP contribution in [-0.2, 0) is 13.1 Å². The third-order valence-electron chi connectivity index (χ3n) is 4.87. The van der Waals surface area contributed by atoms with Crippen molar-refractivity contribution in [2.45, 2.75) is 13.1 Å². The molecular formula is C19H26N8. The third-order valence-corrected chi connectivity index (χ3v) is 4.87. The van der Waals surface area contributed by atoms with Gasteiger partial charge in [0.1, 0.15) is 12.1 Å². The number of nitrogens with zero attached hydrogens (tertiary/aromatic N) is 8. The molecule has 0 bridgehead atoms. The molecule has 0 saturated carbocycles. The zero-order valence-electron chi connectivity index (χ0n) is 16.2. The van der Waals surface area contributed by atoms with Crippen LogP contribution in [0, 0.1) is 0 Å². The summed E-state index contributed by atoms with van der Waals surface area (Å²) >= 11 is 0. The maximum absolute atomic E-state index is 4.75. The molecule has 27 heavy (non-hydrogen) atoms. The van der Waals surface area contributed by atoms with Crippen LogP contribution in [0.3, 0.4) is 0 Å². The first kappa shape index (κ1) is 17.8. The lowest BCUT2D eigenvalue weighted by Gasteiger charge is -2.33. The number of pyridine rings is 1. The molecule has 0 amide bonds. The van der Waals surface area contributed by atoms with Crippen LogP contribution in [0.1, 0.15) is 11.4 Å². The molecule has 3 aromatic rings. The number of likely N-dealkylation sites (N-methyl/N-ethyl adjacent to an activating group) is 1. The van der Waals surface area contributed by atoms with Gasteiger partial charge in [-0.25, -0.2) is 14.6 Å². The fourth-order valence-electron chi connectivity index (χ4n) is 3.45. The monoisotopic (exact) mass is 366 g/mol. The quantitative estimate of drug-likeness (QED) is 0.669. The molecule has 1 aliphatic rings. The van der Waals surface area contributed by atoms with Gasteiger partial charge in [-0.1, -0.05) is 6.07 Å². The molecule has 3 aromatic heterocycles. The lowest BCUT2D eigenvalue weighted by atomic mass is 10.3. The van der Waals surface area contributed by atoms with Gasteiger partial charge in [-0.05, 0) is 33.3 Å². The first-order chi connectivity index (χ1) is 13.1. The Morgan fingerprint density at radius 2 is 1.81 bits per heavy atom. The van der Waals surface area contributed by atoms with Gasteiger partial charge in [-0.15, -0.1) is 0 Å². The molecule has 4 heterocycles. The summed E-state index contributed by atoms with van der Waals surface area (Å²) < 4.78 is 1.92. The molecule has 1 aliphatic heterocycles. The molecule has 8 nitrogen and oxygen atoms in total. The van der Waals surface area contributed by atoms with Gasteiger partial charge in [0.25, 0.3) is 0 Å². The summed E-state index contributed by atoms with van der Waals surface area (Å²) in [5.74, 6) is 0.980. The second-order valence-electron chi connectivity index (χ2n) is 7.39. The minimum atomic E-state index is 0.601. The van der Waals surface area contributed by atoms with E-state index in [9.17, 15) is 0 Å². The summed E-state index contributed by atoms with van der Waals surface area (Å²) in [6.07, 6.45) is 3.52. The number of aromatic nitrogens is 5. The van der Waals surface area contributed by atoms with Crippen molar-refractivity contribution in [3.63, 3.8) is 0 Å². The third kappa shape index (κ3) is 3.91. The molecule has 0 N–H and O–H groups in total. The lowest BCUT2D eigenvalue weighted by Crippen LogP contribution is -2.44. The molecular weight excluding hydrogens is 340 g/mol. The zero-order valence-corrected chi connectivity index (χ0v) is 16.2. The number of fused-ring (bicyclic) bond motifs is 1. The predicted molar refractivity (Wildman–Crippen MR) is 106 cm³/mol.